The monoisotopic (exact) mass is 417 g/mol. The van der Waals surface area contributed by atoms with Crippen LogP contribution >= 0.6 is 12.4 Å². The van der Waals surface area contributed by atoms with Gasteiger partial charge in [-0.2, -0.15) is 0 Å². The third-order valence-electron chi connectivity index (χ3n) is 5.20. The second-order valence-corrected chi connectivity index (χ2v) is 7.36. The Morgan fingerprint density at radius 3 is 2.48 bits per heavy atom. The number of hydrogen-bond donors (Lipinski definition) is 2. The Morgan fingerprint density at radius 1 is 1.17 bits per heavy atom. The molecule has 1 unspecified atom stereocenters. The molecule has 2 amide bonds. The number of amides is 2. The number of nitrogen functional groups attached to an aromatic ring is 1. The minimum Gasteiger partial charge on any atom is -0.454 e. The molecule has 2 heterocycles. The van der Waals surface area contributed by atoms with Crippen LogP contribution in [0.1, 0.15) is 31.7 Å². The van der Waals surface area contributed by atoms with Crippen molar-refractivity contribution < 1.29 is 19.1 Å². The molecule has 2 aliphatic heterocycles. The number of hydrogen-bond acceptors (Lipinski definition) is 5. The van der Waals surface area contributed by atoms with E-state index in [2.05, 4.69) is 19.2 Å². The van der Waals surface area contributed by atoms with E-state index >= 15 is 0 Å². The number of carbonyl (C=O) groups is 2. The van der Waals surface area contributed by atoms with Crippen LogP contribution < -0.4 is 25.4 Å². The second-order valence-electron chi connectivity index (χ2n) is 7.36. The Hall–Kier alpha value is -2.93. The van der Waals surface area contributed by atoms with Crippen molar-refractivity contribution in [2.75, 3.05) is 29.3 Å². The number of anilines is 3. The number of nitrogens with two attached hydrogens (primary N) is 1. The van der Waals surface area contributed by atoms with Gasteiger partial charge >= 0.3 is 0 Å². The van der Waals surface area contributed by atoms with E-state index in [-0.39, 0.29) is 31.0 Å². The highest BCUT2D eigenvalue weighted by molar-refractivity contribution is 6.14. The highest BCUT2D eigenvalue weighted by Gasteiger charge is 2.38. The number of ether oxygens (including phenoxy) is 2. The van der Waals surface area contributed by atoms with E-state index in [1.165, 1.54) is 5.56 Å². The maximum absolute atomic E-state index is 12.8. The molecule has 2 aromatic rings. The summed E-state index contributed by atoms with van der Waals surface area (Å²) in [6.45, 7) is 4.88. The van der Waals surface area contributed by atoms with Gasteiger partial charge in [-0.3, -0.25) is 9.59 Å². The van der Waals surface area contributed by atoms with Crippen molar-refractivity contribution in [3.05, 3.63) is 42.0 Å². The van der Waals surface area contributed by atoms with Gasteiger partial charge in [-0.1, -0.05) is 26.0 Å². The number of halogens is 1. The summed E-state index contributed by atoms with van der Waals surface area (Å²) in [6.07, 6.45) is 0.459. The lowest BCUT2D eigenvalue weighted by molar-refractivity contribution is -0.129. The molecular formula is C21H24ClN3O4. The predicted octanol–water partition coefficient (Wildman–Crippen LogP) is 3.53. The molecule has 0 aliphatic carbocycles. The van der Waals surface area contributed by atoms with Gasteiger partial charge in [-0.15, -0.1) is 12.4 Å². The summed E-state index contributed by atoms with van der Waals surface area (Å²) in [7, 11) is 0. The van der Waals surface area contributed by atoms with Gasteiger partial charge in [-0.25, -0.2) is 0 Å². The predicted molar refractivity (Wildman–Crippen MR) is 114 cm³/mol. The number of benzene rings is 2. The Kier molecular flexibility index (Phi) is 5.88. The van der Waals surface area contributed by atoms with Crippen LogP contribution in [-0.2, 0) is 9.59 Å². The third-order valence-corrected chi connectivity index (χ3v) is 5.20. The average Bonchev–Trinajstić information content (AvgIpc) is 3.28. The third kappa shape index (κ3) is 3.96. The molecule has 8 heteroatoms. The largest absolute Gasteiger partial charge is 0.454 e. The van der Waals surface area contributed by atoms with Crippen LogP contribution in [-0.4, -0.2) is 25.2 Å². The molecule has 0 spiro atoms. The molecule has 154 valence electrons. The minimum absolute atomic E-state index is 0. The maximum Gasteiger partial charge on any atom is 0.239 e. The summed E-state index contributed by atoms with van der Waals surface area (Å²) in [4.78, 5) is 27.2. The summed E-state index contributed by atoms with van der Waals surface area (Å²) in [5, 5.41) is 2.76. The number of nitrogens with one attached hydrogen (secondary N) is 1. The van der Waals surface area contributed by atoms with E-state index in [1.807, 2.05) is 24.3 Å². The summed E-state index contributed by atoms with van der Waals surface area (Å²) < 4.78 is 10.6. The highest BCUT2D eigenvalue weighted by atomic mass is 35.5. The van der Waals surface area contributed by atoms with Crippen molar-refractivity contribution in [3.63, 3.8) is 0 Å². The smallest absolute Gasteiger partial charge is 0.239 e. The van der Waals surface area contributed by atoms with Crippen LogP contribution in [0.25, 0.3) is 0 Å². The van der Waals surface area contributed by atoms with Gasteiger partial charge in [-0.05, 0) is 30.0 Å². The number of rotatable bonds is 4. The quantitative estimate of drug-likeness (QED) is 0.586. The van der Waals surface area contributed by atoms with Gasteiger partial charge in [0, 0.05) is 24.4 Å². The summed E-state index contributed by atoms with van der Waals surface area (Å²) in [5.41, 5.74) is 8.79. The number of fused-ring (bicyclic) bond motifs is 1. The van der Waals surface area contributed by atoms with E-state index in [9.17, 15) is 9.59 Å². The molecular weight excluding hydrogens is 394 g/mol. The van der Waals surface area contributed by atoms with Crippen molar-refractivity contribution in [1.82, 2.24) is 0 Å². The van der Waals surface area contributed by atoms with Crippen molar-refractivity contribution >= 4 is 41.3 Å². The fourth-order valence-corrected chi connectivity index (χ4v) is 3.50. The Balaban J connectivity index is 0.00000240. The second kappa shape index (κ2) is 8.21. The van der Waals surface area contributed by atoms with E-state index in [0.29, 0.717) is 41.8 Å². The first kappa shape index (κ1) is 20.8. The Morgan fingerprint density at radius 2 is 1.83 bits per heavy atom. The van der Waals surface area contributed by atoms with Crippen LogP contribution in [0.15, 0.2) is 36.4 Å². The SMILES string of the molecule is CC(C)c1ccc(N2CCC(C(=O)Nc3cc4c(cc3N)OCO4)C2=O)cc1.Cl. The molecule has 29 heavy (non-hydrogen) atoms. The van der Waals surface area contributed by atoms with Crippen LogP contribution in [0.3, 0.4) is 0 Å². The average molecular weight is 418 g/mol. The topological polar surface area (TPSA) is 93.9 Å². The zero-order valence-electron chi connectivity index (χ0n) is 16.3. The van der Waals surface area contributed by atoms with E-state index in [0.717, 1.165) is 5.69 Å². The lowest BCUT2D eigenvalue weighted by Gasteiger charge is -2.18. The van der Waals surface area contributed by atoms with Crippen LogP contribution in [0.2, 0.25) is 0 Å². The molecule has 1 atom stereocenters. The first-order valence-electron chi connectivity index (χ1n) is 9.35. The lowest BCUT2D eigenvalue weighted by atomic mass is 10.0. The Labute approximate surface area is 175 Å². The maximum atomic E-state index is 12.8. The summed E-state index contributed by atoms with van der Waals surface area (Å²) in [5.74, 6) is 0.187. The molecule has 1 saturated heterocycles. The summed E-state index contributed by atoms with van der Waals surface area (Å²) in [6, 6.07) is 11.1. The van der Waals surface area contributed by atoms with Crippen molar-refractivity contribution in [2.45, 2.75) is 26.2 Å². The molecule has 0 bridgehead atoms. The molecule has 0 radical (unpaired) electrons. The molecule has 2 aromatic carbocycles. The fourth-order valence-electron chi connectivity index (χ4n) is 3.50. The molecule has 2 aliphatic rings. The first-order chi connectivity index (χ1) is 13.4. The molecule has 3 N–H and O–H groups in total. The first-order valence-corrected chi connectivity index (χ1v) is 9.35. The molecule has 0 aromatic heterocycles. The molecule has 1 fully saturated rings. The Bertz CT molecular complexity index is 930. The van der Waals surface area contributed by atoms with Crippen molar-refractivity contribution in [2.24, 2.45) is 5.92 Å². The van der Waals surface area contributed by atoms with Crippen LogP contribution in [0.4, 0.5) is 17.1 Å². The fraction of sp³-hybridized carbons (Fsp3) is 0.333. The van der Waals surface area contributed by atoms with Gasteiger partial charge in [0.15, 0.2) is 11.5 Å². The highest BCUT2D eigenvalue weighted by Crippen LogP contribution is 2.38. The van der Waals surface area contributed by atoms with Crippen molar-refractivity contribution in [3.8, 4) is 11.5 Å². The van der Waals surface area contributed by atoms with Gasteiger partial charge in [0.05, 0.1) is 11.4 Å². The van der Waals surface area contributed by atoms with Crippen LogP contribution in [0, 0.1) is 5.92 Å². The van der Waals surface area contributed by atoms with Gasteiger partial charge in [0.1, 0.15) is 5.92 Å². The van der Waals surface area contributed by atoms with Gasteiger partial charge in [0.2, 0.25) is 18.6 Å². The van der Waals surface area contributed by atoms with E-state index in [1.54, 1.807) is 17.0 Å². The molecule has 7 nitrogen and oxygen atoms in total. The van der Waals surface area contributed by atoms with E-state index < -0.39 is 5.92 Å². The standard InChI is InChI=1S/C21H23N3O4.ClH/c1-12(2)13-3-5-14(6-4-13)24-8-7-15(21(24)26)20(25)23-17-10-19-18(9-16(17)22)27-11-28-19;/h3-6,9-10,12,15H,7-8,11,22H2,1-2H3,(H,23,25);1H. The van der Waals surface area contributed by atoms with Gasteiger partial charge in [0.25, 0.3) is 0 Å². The molecule has 4 rings (SSSR count). The summed E-state index contributed by atoms with van der Waals surface area (Å²) >= 11 is 0. The van der Waals surface area contributed by atoms with E-state index in [4.69, 9.17) is 15.2 Å². The van der Waals surface area contributed by atoms with Crippen molar-refractivity contribution in [1.29, 1.82) is 0 Å². The zero-order chi connectivity index (χ0) is 19.8. The number of carbonyl (C=O) groups excluding carboxylic acids is 2. The zero-order valence-corrected chi connectivity index (χ0v) is 17.1. The van der Waals surface area contributed by atoms with Crippen LogP contribution in [0.5, 0.6) is 11.5 Å². The number of nitrogens with zero attached hydrogens (tertiary/aromatic N) is 1. The normalized spacial score (nSPS) is 17.4. The lowest BCUT2D eigenvalue weighted by Crippen LogP contribution is -2.33. The van der Waals surface area contributed by atoms with Gasteiger partial charge < -0.3 is 25.4 Å². The molecule has 0 saturated carbocycles. The minimum atomic E-state index is -0.741.